The molecule has 0 bridgehead atoms. The van der Waals surface area contributed by atoms with Crippen molar-refractivity contribution in [2.24, 2.45) is 0 Å². The number of benzene rings is 2. The number of carbonyl (C=O) groups is 1. The van der Waals surface area contributed by atoms with Gasteiger partial charge in [0.05, 0.1) is 26.4 Å². The van der Waals surface area contributed by atoms with Crippen LogP contribution in [-0.4, -0.2) is 37.5 Å². The second-order valence-electron chi connectivity index (χ2n) is 6.44. The highest BCUT2D eigenvalue weighted by atomic mass is 35.5. The summed E-state index contributed by atoms with van der Waals surface area (Å²) >= 11 is 11.6. The van der Waals surface area contributed by atoms with Gasteiger partial charge in [-0.2, -0.15) is 0 Å². The number of ether oxygens (including phenoxy) is 3. The molecule has 2 aromatic carbocycles. The third kappa shape index (κ3) is 5.13. The van der Waals surface area contributed by atoms with Crippen LogP contribution in [0.1, 0.15) is 16.1 Å². The Labute approximate surface area is 195 Å². The molecule has 3 rings (SSSR count). The first-order valence-electron chi connectivity index (χ1n) is 9.32. The van der Waals surface area contributed by atoms with Crippen molar-refractivity contribution in [2.75, 3.05) is 26.6 Å². The van der Waals surface area contributed by atoms with E-state index in [-0.39, 0.29) is 17.3 Å². The molecule has 3 aromatic rings. The van der Waals surface area contributed by atoms with Crippen molar-refractivity contribution < 1.29 is 28.5 Å². The highest BCUT2D eigenvalue weighted by molar-refractivity contribution is 7.80. The average molecular weight is 477 g/mol. The van der Waals surface area contributed by atoms with E-state index in [1.54, 1.807) is 30.3 Å². The van der Waals surface area contributed by atoms with Crippen LogP contribution >= 0.6 is 23.8 Å². The van der Waals surface area contributed by atoms with E-state index >= 15 is 0 Å². The van der Waals surface area contributed by atoms with Crippen molar-refractivity contribution in [2.45, 2.75) is 6.61 Å². The number of thiocarbonyl (C=S) groups is 1. The molecule has 0 fully saturated rings. The number of halogens is 1. The molecule has 1 amide bonds. The minimum Gasteiger partial charge on any atom is -0.493 e. The molecule has 0 aliphatic carbocycles. The van der Waals surface area contributed by atoms with E-state index in [9.17, 15) is 4.79 Å². The Morgan fingerprint density at radius 3 is 2.28 bits per heavy atom. The van der Waals surface area contributed by atoms with Crippen LogP contribution in [0.3, 0.4) is 0 Å². The number of nitrogens with one attached hydrogen (secondary N) is 2. The summed E-state index contributed by atoms with van der Waals surface area (Å²) in [7, 11) is 4.41. The van der Waals surface area contributed by atoms with Gasteiger partial charge in [0.15, 0.2) is 16.6 Å². The summed E-state index contributed by atoms with van der Waals surface area (Å²) in [4.78, 5) is 12.7. The first-order chi connectivity index (χ1) is 15.4. The number of furan rings is 1. The molecule has 10 heteroatoms. The Kier molecular flexibility index (Phi) is 7.57. The fourth-order valence-corrected chi connectivity index (χ4v) is 3.43. The van der Waals surface area contributed by atoms with Gasteiger partial charge in [0.2, 0.25) is 5.75 Å². The van der Waals surface area contributed by atoms with Crippen LogP contribution in [0.4, 0.5) is 5.69 Å². The largest absolute Gasteiger partial charge is 0.493 e. The Morgan fingerprint density at radius 2 is 1.75 bits per heavy atom. The monoisotopic (exact) mass is 476 g/mol. The van der Waals surface area contributed by atoms with Gasteiger partial charge < -0.3 is 29.1 Å². The van der Waals surface area contributed by atoms with Gasteiger partial charge in [-0.3, -0.25) is 10.1 Å². The number of carbonyl (C=O) groups excluding carboxylic acids is 1. The highest BCUT2D eigenvalue weighted by Gasteiger charge is 2.18. The minimum absolute atomic E-state index is 0.0770. The van der Waals surface area contributed by atoms with Gasteiger partial charge in [-0.25, -0.2) is 0 Å². The quantitative estimate of drug-likeness (QED) is 0.435. The summed E-state index contributed by atoms with van der Waals surface area (Å²) in [6.07, 6.45) is 0. The second kappa shape index (κ2) is 10.4. The van der Waals surface area contributed by atoms with Crippen LogP contribution in [0.25, 0.3) is 11.3 Å². The van der Waals surface area contributed by atoms with Crippen LogP contribution in [-0.2, 0) is 6.61 Å². The molecule has 0 aliphatic heterocycles. The van der Waals surface area contributed by atoms with E-state index in [1.165, 1.54) is 33.5 Å². The number of methoxy groups -OCH3 is 3. The Balaban J connectivity index is 1.71. The van der Waals surface area contributed by atoms with Gasteiger partial charge in [0.1, 0.15) is 18.1 Å². The van der Waals surface area contributed by atoms with Crippen LogP contribution in [0.15, 0.2) is 46.9 Å². The second-order valence-corrected chi connectivity index (χ2v) is 7.26. The van der Waals surface area contributed by atoms with Crippen molar-refractivity contribution in [3.05, 3.63) is 58.8 Å². The molecular weight excluding hydrogens is 456 g/mol. The fourth-order valence-electron chi connectivity index (χ4n) is 2.95. The normalized spacial score (nSPS) is 10.4. The van der Waals surface area contributed by atoms with E-state index < -0.39 is 5.91 Å². The minimum atomic E-state index is -0.461. The lowest BCUT2D eigenvalue weighted by atomic mass is 10.1. The fraction of sp³-hybridized carbons (Fsp3) is 0.182. The zero-order valence-electron chi connectivity index (χ0n) is 17.5. The van der Waals surface area contributed by atoms with Gasteiger partial charge in [-0.1, -0.05) is 11.6 Å². The summed E-state index contributed by atoms with van der Waals surface area (Å²) in [6.45, 7) is -0.197. The van der Waals surface area contributed by atoms with Crippen LogP contribution in [0.2, 0.25) is 5.02 Å². The lowest BCUT2D eigenvalue weighted by molar-refractivity contribution is 0.0977. The van der Waals surface area contributed by atoms with Gasteiger partial charge >= 0.3 is 0 Å². The molecule has 1 heterocycles. The summed E-state index contributed by atoms with van der Waals surface area (Å²) in [6, 6.07) is 11.6. The maximum Gasteiger partial charge on any atom is 0.257 e. The zero-order chi connectivity index (χ0) is 23.3. The molecule has 3 N–H and O–H groups in total. The molecule has 0 saturated heterocycles. The first kappa shape index (κ1) is 23.4. The number of amides is 1. The summed E-state index contributed by atoms with van der Waals surface area (Å²) in [5.41, 5.74) is 1.50. The molecule has 0 atom stereocenters. The standard InChI is InChI=1S/C22H21ClN2O6S/c1-28-18-8-12(9-19(29-2)20(18)30-3)21(27)25-22(32)24-13-4-6-15(16(23)10-13)17-7-5-14(11-26)31-17/h4-10,26H,11H2,1-3H3,(H2,24,25,27,32). The van der Waals surface area contributed by atoms with Crippen LogP contribution < -0.4 is 24.8 Å². The maximum atomic E-state index is 12.7. The molecular formula is C22H21ClN2O6S. The smallest absolute Gasteiger partial charge is 0.257 e. The van der Waals surface area contributed by atoms with E-state index in [2.05, 4.69) is 10.6 Å². The molecule has 0 saturated carbocycles. The average Bonchev–Trinajstić information content (AvgIpc) is 3.26. The summed E-state index contributed by atoms with van der Waals surface area (Å²) in [5.74, 6) is 1.58. The van der Waals surface area contributed by atoms with Crippen molar-refractivity contribution in [1.82, 2.24) is 5.32 Å². The summed E-state index contributed by atoms with van der Waals surface area (Å²) < 4.78 is 21.3. The van der Waals surface area contributed by atoms with Crippen molar-refractivity contribution >= 4 is 40.5 Å². The van der Waals surface area contributed by atoms with Gasteiger partial charge in [-0.15, -0.1) is 0 Å². The highest BCUT2D eigenvalue weighted by Crippen LogP contribution is 2.38. The molecule has 32 heavy (non-hydrogen) atoms. The molecule has 1 aromatic heterocycles. The lowest BCUT2D eigenvalue weighted by Gasteiger charge is -2.15. The van der Waals surface area contributed by atoms with E-state index in [0.29, 0.717) is 45.0 Å². The molecule has 0 unspecified atom stereocenters. The van der Waals surface area contributed by atoms with Crippen molar-refractivity contribution in [1.29, 1.82) is 0 Å². The van der Waals surface area contributed by atoms with E-state index in [1.807, 2.05) is 0 Å². The molecule has 0 spiro atoms. The summed E-state index contributed by atoms with van der Waals surface area (Å²) in [5, 5.41) is 15.1. The number of rotatable bonds is 7. The molecule has 0 aliphatic rings. The lowest BCUT2D eigenvalue weighted by Crippen LogP contribution is -2.34. The predicted octanol–water partition coefficient (Wildman–Crippen LogP) is 4.24. The third-order valence-electron chi connectivity index (χ3n) is 4.46. The predicted molar refractivity (Wildman–Crippen MR) is 125 cm³/mol. The molecule has 168 valence electrons. The van der Waals surface area contributed by atoms with Gasteiger partial charge in [0, 0.05) is 16.8 Å². The Hall–Kier alpha value is -3.27. The van der Waals surface area contributed by atoms with E-state index in [4.69, 9.17) is 47.6 Å². The topological polar surface area (TPSA) is 102 Å². The number of aliphatic hydroxyl groups is 1. The first-order valence-corrected chi connectivity index (χ1v) is 10.1. The van der Waals surface area contributed by atoms with Crippen molar-refractivity contribution in [3.8, 4) is 28.6 Å². The number of hydrogen-bond acceptors (Lipinski definition) is 7. The number of anilines is 1. The van der Waals surface area contributed by atoms with Crippen molar-refractivity contribution in [3.63, 3.8) is 0 Å². The molecule has 8 nitrogen and oxygen atoms in total. The Bertz CT molecular complexity index is 1120. The zero-order valence-corrected chi connectivity index (χ0v) is 19.1. The van der Waals surface area contributed by atoms with Crippen LogP contribution in [0.5, 0.6) is 17.2 Å². The van der Waals surface area contributed by atoms with Gasteiger partial charge in [0.25, 0.3) is 5.91 Å². The third-order valence-corrected chi connectivity index (χ3v) is 4.98. The number of aliphatic hydroxyl groups excluding tert-OH is 1. The van der Waals surface area contributed by atoms with Crippen LogP contribution in [0, 0.1) is 0 Å². The molecule has 0 radical (unpaired) electrons. The Morgan fingerprint density at radius 1 is 1.06 bits per heavy atom. The SMILES string of the molecule is COc1cc(C(=O)NC(=S)Nc2ccc(-c3ccc(CO)o3)c(Cl)c2)cc(OC)c1OC. The number of hydrogen-bond donors (Lipinski definition) is 3. The van der Waals surface area contributed by atoms with E-state index in [0.717, 1.165) is 0 Å². The van der Waals surface area contributed by atoms with Gasteiger partial charge in [-0.05, 0) is 54.7 Å². The maximum absolute atomic E-state index is 12.7.